The third-order valence-electron chi connectivity index (χ3n) is 2.95. The van der Waals surface area contributed by atoms with E-state index in [0.717, 1.165) is 24.5 Å². The summed E-state index contributed by atoms with van der Waals surface area (Å²) in [7, 11) is 0. The van der Waals surface area contributed by atoms with Crippen LogP contribution < -0.4 is 5.32 Å². The van der Waals surface area contributed by atoms with Crippen LogP contribution in [0.2, 0.25) is 0 Å². The summed E-state index contributed by atoms with van der Waals surface area (Å²) in [6, 6.07) is 4.38. The molecule has 1 aromatic rings. The zero-order valence-corrected chi connectivity index (χ0v) is 11.7. The predicted molar refractivity (Wildman–Crippen MR) is 73.4 cm³/mol. The number of carbonyl (C=O) groups excluding carboxylic acids is 1. The lowest BCUT2D eigenvalue weighted by atomic mass is 10.2. The maximum absolute atomic E-state index is 11.7. The minimum absolute atomic E-state index is 0.117. The fraction of sp³-hybridized carbons (Fsp3) is 0.615. The van der Waals surface area contributed by atoms with E-state index in [1.807, 2.05) is 17.5 Å². The van der Waals surface area contributed by atoms with Gasteiger partial charge in [-0.2, -0.15) is 0 Å². The van der Waals surface area contributed by atoms with Crippen LogP contribution in [-0.2, 0) is 11.2 Å². The number of hydrogen-bond acceptors (Lipinski definition) is 3. The van der Waals surface area contributed by atoms with Gasteiger partial charge in [-0.05, 0) is 31.5 Å². The Hall–Kier alpha value is -0.870. The van der Waals surface area contributed by atoms with Crippen LogP contribution >= 0.6 is 11.3 Å². The lowest BCUT2D eigenvalue weighted by molar-refractivity contribution is -0.120. The van der Waals surface area contributed by atoms with Gasteiger partial charge in [-0.25, -0.2) is 0 Å². The Kier molecular flexibility index (Phi) is 6.22. The molecular formula is C13H22N2OS. The molecule has 1 heterocycles. The molecule has 0 aliphatic carbocycles. The Morgan fingerprint density at radius 1 is 1.47 bits per heavy atom. The van der Waals surface area contributed by atoms with Crippen molar-refractivity contribution < 1.29 is 4.79 Å². The normalized spacial score (nSPS) is 12.7. The third-order valence-corrected chi connectivity index (χ3v) is 3.82. The summed E-state index contributed by atoms with van der Waals surface area (Å²) in [5, 5.41) is 5.00. The van der Waals surface area contributed by atoms with Gasteiger partial charge in [-0.3, -0.25) is 9.69 Å². The first kappa shape index (κ1) is 14.2. The van der Waals surface area contributed by atoms with Gasteiger partial charge in [0.1, 0.15) is 0 Å². The van der Waals surface area contributed by atoms with E-state index in [1.54, 1.807) is 11.3 Å². The molecule has 0 aliphatic rings. The maximum Gasteiger partial charge on any atom is 0.225 e. The Morgan fingerprint density at radius 2 is 2.18 bits per heavy atom. The van der Waals surface area contributed by atoms with Crippen molar-refractivity contribution in [1.82, 2.24) is 10.2 Å². The molecule has 3 nitrogen and oxygen atoms in total. The molecule has 0 fully saturated rings. The van der Waals surface area contributed by atoms with E-state index >= 15 is 0 Å². The average molecular weight is 254 g/mol. The molecule has 17 heavy (non-hydrogen) atoms. The van der Waals surface area contributed by atoms with Gasteiger partial charge in [0.2, 0.25) is 5.91 Å². The first-order valence-electron chi connectivity index (χ1n) is 6.20. The van der Waals surface area contributed by atoms with E-state index in [0.29, 0.717) is 12.5 Å². The summed E-state index contributed by atoms with van der Waals surface area (Å²) in [5.41, 5.74) is 0. The summed E-state index contributed by atoms with van der Waals surface area (Å²) >= 11 is 1.63. The number of nitrogens with one attached hydrogen (secondary N) is 1. The van der Waals surface area contributed by atoms with E-state index in [9.17, 15) is 4.79 Å². The Balaban J connectivity index is 2.28. The number of carbonyl (C=O) groups is 1. The van der Waals surface area contributed by atoms with Crippen LogP contribution in [0.3, 0.4) is 0 Å². The molecule has 4 heteroatoms. The minimum Gasteiger partial charge on any atom is -0.354 e. The summed E-state index contributed by atoms with van der Waals surface area (Å²) in [6.07, 6.45) is 0.503. The number of nitrogens with zero attached hydrogens (tertiary/aromatic N) is 1. The standard InChI is InChI=1S/C13H22N2OS/c1-4-15(5-2)11(3)10-14-13(16)9-12-7-6-8-17-12/h6-8,11H,4-5,9-10H2,1-3H3,(H,14,16). The second kappa shape index (κ2) is 7.45. The van der Waals surface area contributed by atoms with Crippen LogP contribution in [0.5, 0.6) is 0 Å². The summed E-state index contributed by atoms with van der Waals surface area (Å²) in [6.45, 7) is 9.22. The minimum atomic E-state index is 0.117. The van der Waals surface area contributed by atoms with E-state index in [4.69, 9.17) is 0 Å². The molecular weight excluding hydrogens is 232 g/mol. The smallest absolute Gasteiger partial charge is 0.225 e. The predicted octanol–water partition coefficient (Wildman–Crippen LogP) is 2.14. The lowest BCUT2D eigenvalue weighted by Gasteiger charge is -2.26. The van der Waals surface area contributed by atoms with Crippen molar-refractivity contribution in [1.29, 1.82) is 0 Å². The van der Waals surface area contributed by atoms with Crippen LogP contribution in [0.15, 0.2) is 17.5 Å². The first-order chi connectivity index (χ1) is 8.17. The molecule has 1 rings (SSSR count). The lowest BCUT2D eigenvalue weighted by Crippen LogP contribution is -2.42. The Morgan fingerprint density at radius 3 is 2.71 bits per heavy atom. The molecule has 0 bridgehead atoms. The first-order valence-corrected chi connectivity index (χ1v) is 7.08. The van der Waals surface area contributed by atoms with Crippen molar-refractivity contribution >= 4 is 17.2 Å². The summed E-state index contributed by atoms with van der Waals surface area (Å²) in [5.74, 6) is 0.117. The van der Waals surface area contributed by atoms with Gasteiger partial charge in [0.25, 0.3) is 0 Å². The second-order valence-corrected chi connectivity index (χ2v) is 5.16. The van der Waals surface area contributed by atoms with Crippen molar-refractivity contribution in [2.75, 3.05) is 19.6 Å². The number of thiophene rings is 1. The van der Waals surface area contributed by atoms with Gasteiger partial charge >= 0.3 is 0 Å². The Bertz CT molecular complexity index is 320. The SMILES string of the molecule is CCN(CC)C(C)CNC(=O)Cc1cccs1. The monoisotopic (exact) mass is 254 g/mol. The molecule has 1 unspecified atom stereocenters. The second-order valence-electron chi connectivity index (χ2n) is 4.13. The van der Waals surface area contributed by atoms with Crippen LogP contribution in [0.4, 0.5) is 0 Å². The van der Waals surface area contributed by atoms with Crippen LogP contribution in [0.1, 0.15) is 25.6 Å². The van der Waals surface area contributed by atoms with Gasteiger partial charge in [-0.1, -0.05) is 19.9 Å². The molecule has 96 valence electrons. The van der Waals surface area contributed by atoms with E-state index < -0.39 is 0 Å². The zero-order valence-electron chi connectivity index (χ0n) is 10.9. The highest BCUT2D eigenvalue weighted by Crippen LogP contribution is 2.08. The fourth-order valence-corrected chi connectivity index (χ4v) is 2.57. The number of hydrogen-bond donors (Lipinski definition) is 1. The highest BCUT2D eigenvalue weighted by atomic mass is 32.1. The highest BCUT2D eigenvalue weighted by molar-refractivity contribution is 7.10. The van der Waals surface area contributed by atoms with Gasteiger partial charge < -0.3 is 5.32 Å². The third kappa shape index (κ3) is 4.88. The maximum atomic E-state index is 11.7. The molecule has 0 radical (unpaired) electrons. The van der Waals surface area contributed by atoms with Crippen LogP contribution in [0.25, 0.3) is 0 Å². The molecule has 0 aromatic carbocycles. The van der Waals surface area contributed by atoms with Gasteiger partial charge in [0.15, 0.2) is 0 Å². The summed E-state index contributed by atoms with van der Waals surface area (Å²) in [4.78, 5) is 15.2. The van der Waals surface area contributed by atoms with Crippen molar-refractivity contribution in [3.63, 3.8) is 0 Å². The highest BCUT2D eigenvalue weighted by Gasteiger charge is 2.11. The molecule has 1 amide bonds. The van der Waals surface area contributed by atoms with Crippen LogP contribution in [0, 0.1) is 0 Å². The average Bonchev–Trinajstić information content (AvgIpc) is 2.81. The molecule has 1 atom stereocenters. The van der Waals surface area contributed by atoms with Gasteiger partial charge in [-0.15, -0.1) is 11.3 Å². The van der Waals surface area contributed by atoms with Crippen molar-refractivity contribution in [3.8, 4) is 0 Å². The molecule has 0 aliphatic heterocycles. The largest absolute Gasteiger partial charge is 0.354 e. The van der Waals surface area contributed by atoms with Crippen molar-refractivity contribution in [2.45, 2.75) is 33.2 Å². The molecule has 1 N–H and O–H groups in total. The summed E-state index contributed by atoms with van der Waals surface area (Å²) < 4.78 is 0. The van der Waals surface area contributed by atoms with E-state index in [2.05, 4.69) is 31.0 Å². The zero-order chi connectivity index (χ0) is 12.7. The van der Waals surface area contributed by atoms with Gasteiger partial charge in [0.05, 0.1) is 6.42 Å². The number of amides is 1. The van der Waals surface area contributed by atoms with E-state index in [-0.39, 0.29) is 5.91 Å². The van der Waals surface area contributed by atoms with E-state index in [1.165, 1.54) is 0 Å². The number of rotatable bonds is 7. The molecule has 1 aromatic heterocycles. The molecule has 0 saturated heterocycles. The fourth-order valence-electron chi connectivity index (χ4n) is 1.87. The van der Waals surface area contributed by atoms with Gasteiger partial charge in [0, 0.05) is 17.5 Å². The molecule has 0 saturated carbocycles. The quantitative estimate of drug-likeness (QED) is 0.808. The topological polar surface area (TPSA) is 32.3 Å². The van der Waals surface area contributed by atoms with Crippen molar-refractivity contribution in [3.05, 3.63) is 22.4 Å². The molecule has 0 spiro atoms. The van der Waals surface area contributed by atoms with Crippen molar-refractivity contribution in [2.24, 2.45) is 0 Å². The Labute approximate surface area is 108 Å². The van der Waals surface area contributed by atoms with Crippen LogP contribution in [-0.4, -0.2) is 36.5 Å². The number of likely N-dealkylation sites (N-methyl/N-ethyl adjacent to an activating group) is 1.